The second kappa shape index (κ2) is 11.7. The van der Waals surface area contributed by atoms with Crippen LogP contribution in [0.2, 0.25) is 0 Å². The van der Waals surface area contributed by atoms with Gasteiger partial charge in [0.15, 0.2) is 5.78 Å². The van der Waals surface area contributed by atoms with E-state index in [4.69, 9.17) is 0 Å². The number of carbonyl (C=O) groups excluding carboxylic acids is 1. The molecule has 0 radical (unpaired) electrons. The van der Waals surface area contributed by atoms with E-state index in [0.717, 1.165) is 50.7 Å². The lowest BCUT2D eigenvalue weighted by atomic mass is 9.99. The van der Waals surface area contributed by atoms with Crippen LogP contribution in [0.1, 0.15) is 105 Å². The Morgan fingerprint density at radius 2 is 1.30 bits per heavy atom. The van der Waals surface area contributed by atoms with E-state index < -0.39 is 0 Å². The zero-order chi connectivity index (χ0) is 23.0. The van der Waals surface area contributed by atoms with Gasteiger partial charge < -0.3 is 0 Å². The minimum absolute atomic E-state index is 0.149. The van der Waals surface area contributed by atoms with Crippen LogP contribution in [-0.2, 0) is 12.8 Å². The molecule has 33 heavy (non-hydrogen) atoms. The molecular weight excluding hydrogens is 424 g/mol. The fourth-order valence-corrected chi connectivity index (χ4v) is 5.58. The Balaban J connectivity index is 1.42. The van der Waals surface area contributed by atoms with Crippen LogP contribution >= 0.6 is 11.3 Å². The number of hydrogen-bond donors (Lipinski definition) is 0. The SMILES string of the molecule is CCCCCCCCc1ccc2c(c1)C(=O)c1cc(-c3nnc(CCCCCC)s3)ccc1-2. The highest BCUT2D eigenvalue weighted by molar-refractivity contribution is 7.14. The predicted octanol–water partition coefficient (Wildman–Crippen LogP) is 8.44. The van der Waals surface area contributed by atoms with E-state index in [-0.39, 0.29) is 5.78 Å². The molecular formula is C29H36N2OS. The van der Waals surface area contributed by atoms with Crippen molar-refractivity contribution in [3.8, 4) is 21.7 Å². The van der Waals surface area contributed by atoms with Crippen molar-refractivity contribution in [1.29, 1.82) is 0 Å². The van der Waals surface area contributed by atoms with Gasteiger partial charge in [-0.3, -0.25) is 4.79 Å². The summed E-state index contributed by atoms with van der Waals surface area (Å²) in [5.74, 6) is 0.149. The van der Waals surface area contributed by atoms with Gasteiger partial charge in [-0.15, -0.1) is 10.2 Å². The van der Waals surface area contributed by atoms with E-state index in [2.05, 4.69) is 54.4 Å². The molecule has 3 aromatic rings. The van der Waals surface area contributed by atoms with Crippen LogP contribution in [-0.4, -0.2) is 16.0 Å². The molecule has 0 bridgehead atoms. The zero-order valence-electron chi connectivity index (χ0n) is 20.2. The van der Waals surface area contributed by atoms with Crippen molar-refractivity contribution in [1.82, 2.24) is 10.2 Å². The van der Waals surface area contributed by atoms with E-state index in [1.54, 1.807) is 11.3 Å². The average Bonchev–Trinajstić information content (AvgIpc) is 3.42. The molecule has 4 rings (SSSR count). The molecule has 0 fully saturated rings. The van der Waals surface area contributed by atoms with Gasteiger partial charge in [-0.1, -0.05) is 101 Å². The Hall–Kier alpha value is -2.33. The van der Waals surface area contributed by atoms with Crippen LogP contribution in [0.25, 0.3) is 21.7 Å². The van der Waals surface area contributed by atoms with Gasteiger partial charge in [-0.2, -0.15) is 0 Å². The molecule has 0 amide bonds. The van der Waals surface area contributed by atoms with Gasteiger partial charge in [0.25, 0.3) is 0 Å². The third kappa shape index (κ3) is 5.78. The molecule has 0 aliphatic heterocycles. The van der Waals surface area contributed by atoms with Gasteiger partial charge in [-0.05, 0) is 48.1 Å². The molecule has 0 spiro atoms. The number of carbonyl (C=O) groups is 1. The highest BCUT2D eigenvalue weighted by Crippen LogP contribution is 2.39. The molecule has 0 atom stereocenters. The van der Waals surface area contributed by atoms with E-state index in [0.29, 0.717) is 0 Å². The van der Waals surface area contributed by atoms with Crippen molar-refractivity contribution in [2.75, 3.05) is 0 Å². The summed E-state index contributed by atoms with van der Waals surface area (Å²) in [4.78, 5) is 13.2. The lowest BCUT2D eigenvalue weighted by Crippen LogP contribution is -1.97. The van der Waals surface area contributed by atoms with Gasteiger partial charge in [0.2, 0.25) is 0 Å². The van der Waals surface area contributed by atoms with E-state index in [1.165, 1.54) is 69.8 Å². The van der Waals surface area contributed by atoms with Crippen LogP contribution in [0, 0.1) is 0 Å². The van der Waals surface area contributed by atoms with Crippen LogP contribution in [0.5, 0.6) is 0 Å². The summed E-state index contributed by atoms with van der Waals surface area (Å²) >= 11 is 1.66. The predicted molar refractivity (Wildman–Crippen MR) is 139 cm³/mol. The fourth-order valence-electron chi connectivity index (χ4n) is 4.70. The van der Waals surface area contributed by atoms with Gasteiger partial charge in [0.05, 0.1) is 0 Å². The lowest BCUT2D eigenvalue weighted by molar-refractivity contribution is 0.104. The van der Waals surface area contributed by atoms with Crippen LogP contribution in [0.15, 0.2) is 36.4 Å². The summed E-state index contributed by atoms with van der Waals surface area (Å²) < 4.78 is 0. The molecule has 0 saturated heterocycles. The van der Waals surface area contributed by atoms with Crippen LogP contribution < -0.4 is 0 Å². The Morgan fingerprint density at radius 3 is 2.09 bits per heavy atom. The van der Waals surface area contributed by atoms with E-state index >= 15 is 0 Å². The van der Waals surface area contributed by atoms with Gasteiger partial charge in [-0.25, -0.2) is 0 Å². The molecule has 0 saturated carbocycles. The first kappa shape index (κ1) is 23.8. The summed E-state index contributed by atoms with van der Waals surface area (Å²) in [5.41, 5.74) is 6.07. The highest BCUT2D eigenvalue weighted by atomic mass is 32.1. The number of benzene rings is 2. The summed E-state index contributed by atoms with van der Waals surface area (Å²) in [6.07, 6.45) is 14.7. The highest BCUT2D eigenvalue weighted by Gasteiger charge is 2.27. The number of aryl methyl sites for hydroxylation is 2. The standard InChI is InChI=1S/C29H36N2OS/c1-3-5-7-9-10-11-13-21-15-17-23-24-18-16-22(20-26(24)28(32)25(23)19-21)29-31-30-27(33-29)14-12-8-6-4-2/h15-20H,3-14H2,1-2H3. The second-order valence-electron chi connectivity index (χ2n) is 9.30. The minimum atomic E-state index is 0.149. The molecule has 3 nitrogen and oxygen atoms in total. The molecule has 4 heteroatoms. The number of rotatable bonds is 13. The zero-order valence-corrected chi connectivity index (χ0v) is 21.0. The van der Waals surface area contributed by atoms with Gasteiger partial charge in [0, 0.05) is 23.1 Å². The quantitative estimate of drug-likeness (QED) is 0.188. The van der Waals surface area contributed by atoms with E-state index in [1.807, 2.05) is 6.07 Å². The monoisotopic (exact) mass is 460 g/mol. The smallest absolute Gasteiger partial charge is 0.194 e. The van der Waals surface area contributed by atoms with Crippen molar-refractivity contribution in [3.05, 3.63) is 58.1 Å². The minimum Gasteiger partial charge on any atom is -0.289 e. The topological polar surface area (TPSA) is 42.9 Å². The molecule has 0 unspecified atom stereocenters. The Morgan fingerprint density at radius 1 is 0.667 bits per heavy atom. The summed E-state index contributed by atoms with van der Waals surface area (Å²) in [5, 5.41) is 10.8. The Bertz CT molecular complexity index is 1080. The van der Waals surface area contributed by atoms with Crippen LogP contribution in [0.4, 0.5) is 0 Å². The second-order valence-corrected chi connectivity index (χ2v) is 10.4. The number of ketones is 1. The van der Waals surface area contributed by atoms with Crippen molar-refractivity contribution >= 4 is 17.1 Å². The molecule has 1 heterocycles. The molecule has 1 aliphatic carbocycles. The molecule has 0 N–H and O–H groups in total. The first-order valence-corrected chi connectivity index (χ1v) is 13.7. The molecule has 2 aromatic carbocycles. The number of hydrogen-bond acceptors (Lipinski definition) is 4. The third-order valence-electron chi connectivity index (χ3n) is 6.66. The number of nitrogens with zero attached hydrogens (tertiary/aromatic N) is 2. The number of fused-ring (bicyclic) bond motifs is 3. The van der Waals surface area contributed by atoms with Gasteiger partial charge >= 0.3 is 0 Å². The maximum Gasteiger partial charge on any atom is 0.194 e. The largest absolute Gasteiger partial charge is 0.289 e. The first-order valence-electron chi connectivity index (χ1n) is 12.9. The van der Waals surface area contributed by atoms with Crippen molar-refractivity contribution < 1.29 is 4.79 Å². The summed E-state index contributed by atoms with van der Waals surface area (Å²) in [6.45, 7) is 4.48. The average molecular weight is 461 g/mol. The lowest BCUT2D eigenvalue weighted by Gasteiger charge is -2.05. The van der Waals surface area contributed by atoms with E-state index in [9.17, 15) is 4.79 Å². The molecule has 1 aliphatic rings. The first-order chi connectivity index (χ1) is 16.2. The summed E-state index contributed by atoms with van der Waals surface area (Å²) in [7, 11) is 0. The molecule has 1 aromatic heterocycles. The van der Waals surface area contributed by atoms with Crippen LogP contribution in [0.3, 0.4) is 0 Å². The maximum atomic E-state index is 13.2. The number of unbranched alkanes of at least 4 members (excludes halogenated alkanes) is 8. The van der Waals surface area contributed by atoms with Gasteiger partial charge in [0.1, 0.15) is 10.0 Å². The Kier molecular flexibility index (Phi) is 8.44. The molecule has 174 valence electrons. The van der Waals surface area contributed by atoms with Crippen molar-refractivity contribution in [2.45, 2.75) is 90.9 Å². The number of aromatic nitrogens is 2. The fraction of sp³-hybridized carbons (Fsp3) is 0.483. The normalized spacial score (nSPS) is 12.2. The summed E-state index contributed by atoms with van der Waals surface area (Å²) in [6, 6.07) is 12.7. The maximum absolute atomic E-state index is 13.2. The third-order valence-corrected chi connectivity index (χ3v) is 7.69. The van der Waals surface area contributed by atoms with Crippen molar-refractivity contribution in [2.24, 2.45) is 0 Å². The van der Waals surface area contributed by atoms with Crippen molar-refractivity contribution in [3.63, 3.8) is 0 Å². The Labute approximate surface area is 202 Å².